The lowest BCUT2D eigenvalue weighted by atomic mass is 10.3. The molecule has 1 saturated heterocycles. The van der Waals surface area contributed by atoms with Gasteiger partial charge in [0.1, 0.15) is 0 Å². The molecule has 1 aliphatic rings. The Hall–Kier alpha value is -0.500. The molecule has 1 rings (SSSR count). The Morgan fingerprint density at radius 2 is 2.50 bits per heavy atom. The van der Waals surface area contributed by atoms with E-state index in [0.29, 0.717) is 0 Å². The molecule has 0 bridgehead atoms. The summed E-state index contributed by atoms with van der Waals surface area (Å²) in [6.45, 7) is 5.92. The van der Waals surface area contributed by atoms with Crippen LogP contribution in [0.3, 0.4) is 0 Å². The fourth-order valence-corrected chi connectivity index (χ4v) is 0.782. The molecule has 2 heteroatoms. The van der Waals surface area contributed by atoms with E-state index in [1.807, 2.05) is 0 Å². The lowest BCUT2D eigenvalue weighted by Gasteiger charge is -2.27. The van der Waals surface area contributed by atoms with E-state index in [9.17, 15) is 0 Å². The monoisotopic (exact) mass is 112 g/mol. The highest BCUT2D eigenvalue weighted by atomic mass is 15.2. The van der Waals surface area contributed by atoms with Gasteiger partial charge in [0, 0.05) is 19.3 Å². The molecule has 0 aromatic rings. The summed E-state index contributed by atoms with van der Waals surface area (Å²) in [4.78, 5) is 2.13. The van der Waals surface area contributed by atoms with Crippen LogP contribution in [0.5, 0.6) is 0 Å². The van der Waals surface area contributed by atoms with Crippen molar-refractivity contribution in [1.82, 2.24) is 10.2 Å². The second-order valence-electron chi connectivity index (χ2n) is 2.17. The molecule has 8 heavy (non-hydrogen) atoms. The fourth-order valence-electron chi connectivity index (χ4n) is 0.782. The molecule has 2 nitrogen and oxygen atoms in total. The first-order valence-electron chi connectivity index (χ1n) is 2.90. The molecular formula is C6H12N2. The molecule has 0 spiro atoms. The molecule has 1 N–H and O–H groups in total. The summed E-state index contributed by atoms with van der Waals surface area (Å²) in [6.07, 6.45) is 1.09. The van der Waals surface area contributed by atoms with E-state index in [-0.39, 0.29) is 0 Å². The first kappa shape index (κ1) is 5.63. The van der Waals surface area contributed by atoms with Crippen molar-refractivity contribution in [3.63, 3.8) is 0 Å². The average Bonchev–Trinajstić information content (AvgIpc) is 1.77. The molecule has 46 valence electrons. The summed E-state index contributed by atoms with van der Waals surface area (Å²) in [6, 6.07) is 0. The van der Waals surface area contributed by atoms with Crippen LogP contribution in [-0.4, -0.2) is 25.2 Å². The zero-order chi connectivity index (χ0) is 5.98. The van der Waals surface area contributed by atoms with Crippen molar-refractivity contribution in [1.29, 1.82) is 0 Å². The molecule has 1 heterocycles. The third-order valence-corrected chi connectivity index (χ3v) is 1.48. The summed E-state index contributed by atoms with van der Waals surface area (Å²) in [5.74, 6) is 0. The summed E-state index contributed by atoms with van der Waals surface area (Å²) in [5.41, 5.74) is 1.24. The van der Waals surface area contributed by atoms with Crippen LogP contribution in [0, 0.1) is 0 Å². The van der Waals surface area contributed by atoms with Crippen LogP contribution in [0.4, 0.5) is 0 Å². The maximum absolute atomic E-state index is 3.88. The summed E-state index contributed by atoms with van der Waals surface area (Å²) >= 11 is 0. The Balaban J connectivity index is 2.39. The Bertz CT molecular complexity index is 98.7. The highest BCUT2D eigenvalue weighted by Crippen LogP contribution is 2.04. The van der Waals surface area contributed by atoms with Crippen LogP contribution < -0.4 is 5.32 Å². The predicted octanol–water partition coefficient (Wildman–Crippen LogP) is 0.383. The van der Waals surface area contributed by atoms with Gasteiger partial charge in [-0.15, -0.1) is 0 Å². The minimum atomic E-state index is 0.957. The largest absolute Gasteiger partial charge is 0.366 e. The first-order valence-corrected chi connectivity index (χ1v) is 2.90. The van der Waals surface area contributed by atoms with E-state index in [4.69, 9.17) is 0 Å². The van der Waals surface area contributed by atoms with Gasteiger partial charge in [0.25, 0.3) is 0 Å². The van der Waals surface area contributed by atoms with Crippen molar-refractivity contribution < 1.29 is 0 Å². The zero-order valence-corrected chi connectivity index (χ0v) is 5.28. The van der Waals surface area contributed by atoms with Crippen LogP contribution in [0.25, 0.3) is 0 Å². The van der Waals surface area contributed by atoms with Crippen LogP contribution in [0.1, 0.15) is 6.42 Å². The SMILES string of the molecule is C=C1CCNCN1C. The normalized spacial score (nSPS) is 21.6. The molecule has 0 unspecified atom stereocenters. The van der Waals surface area contributed by atoms with Crippen molar-refractivity contribution in [2.24, 2.45) is 0 Å². The van der Waals surface area contributed by atoms with E-state index in [1.165, 1.54) is 5.70 Å². The Labute approximate surface area is 50.2 Å². The van der Waals surface area contributed by atoms with Crippen molar-refractivity contribution in [3.05, 3.63) is 12.3 Å². The molecule has 1 fully saturated rings. The molecule has 1 aliphatic heterocycles. The highest BCUT2D eigenvalue weighted by Gasteiger charge is 2.05. The van der Waals surface area contributed by atoms with Gasteiger partial charge in [-0.25, -0.2) is 0 Å². The molecule has 0 aliphatic carbocycles. The van der Waals surface area contributed by atoms with Gasteiger partial charge in [0.05, 0.1) is 6.67 Å². The molecule has 0 aromatic heterocycles. The van der Waals surface area contributed by atoms with Crippen molar-refractivity contribution >= 4 is 0 Å². The van der Waals surface area contributed by atoms with Crippen LogP contribution in [0.15, 0.2) is 12.3 Å². The molecule has 0 aromatic carbocycles. The average molecular weight is 112 g/mol. The topological polar surface area (TPSA) is 15.3 Å². The van der Waals surface area contributed by atoms with Gasteiger partial charge in [-0.1, -0.05) is 6.58 Å². The maximum Gasteiger partial charge on any atom is 0.0675 e. The molecule has 0 radical (unpaired) electrons. The van der Waals surface area contributed by atoms with Crippen molar-refractivity contribution in [2.75, 3.05) is 20.3 Å². The van der Waals surface area contributed by atoms with Gasteiger partial charge in [0.2, 0.25) is 0 Å². The standard InChI is InChI=1S/C6H12N2/c1-6-3-4-7-5-8(6)2/h7H,1,3-5H2,2H3. The molecule has 0 atom stereocenters. The lowest BCUT2D eigenvalue weighted by Crippen LogP contribution is -2.36. The number of hydrogen-bond donors (Lipinski definition) is 1. The number of nitrogens with one attached hydrogen (secondary N) is 1. The number of hydrogen-bond acceptors (Lipinski definition) is 2. The van der Waals surface area contributed by atoms with Gasteiger partial charge in [0.15, 0.2) is 0 Å². The quantitative estimate of drug-likeness (QED) is 0.487. The predicted molar refractivity (Wildman–Crippen MR) is 34.4 cm³/mol. The lowest BCUT2D eigenvalue weighted by molar-refractivity contribution is 0.327. The zero-order valence-electron chi connectivity index (χ0n) is 5.28. The van der Waals surface area contributed by atoms with Gasteiger partial charge in [-0.05, 0) is 6.42 Å². The Morgan fingerprint density at radius 3 is 2.88 bits per heavy atom. The highest BCUT2D eigenvalue weighted by molar-refractivity contribution is 4.94. The summed E-state index contributed by atoms with van der Waals surface area (Å²) in [5, 5.41) is 3.23. The number of rotatable bonds is 0. The van der Waals surface area contributed by atoms with E-state index in [2.05, 4.69) is 23.8 Å². The number of nitrogens with zero attached hydrogens (tertiary/aromatic N) is 1. The van der Waals surface area contributed by atoms with E-state index >= 15 is 0 Å². The van der Waals surface area contributed by atoms with Gasteiger partial charge in [-0.3, -0.25) is 5.32 Å². The van der Waals surface area contributed by atoms with Crippen molar-refractivity contribution in [2.45, 2.75) is 6.42 Å². The van der Waals surface area contributed by atoms with Crippen LogP contribution in [-0.2, 0) is 0 Å². The van der Waals surface area contributed by atoms with Crippen molar-refractivity contribution in [3.8, 4) is 0 Å². The molecule has 0 amide bonds. The van der Waals surface area contributed by atoms with Crippen LogP contribution in [0.2, 0.25) is 0 Å². The fraction of sp³-hybridized carbons (Fsp3) is 0.667. The second-order valence-corrected chi connectivity index (χ2v) is 2.17. The minimum absolute atomic E-state index is 0.957. The summed E-state index contributed by atoms with van der Waals surface area (Å²) in [7, 11) is 2.05. The van der Waals surface area contributed by atoms with Gasteiger partial charge >= 0.3 is 0 Å². The third kappa shape index (κ3) is 1.01. The minimum Gasteiger partial charge on any atom is -0.366 e. The second kappa shape index (κ2) is 2.18. The van der Waals surface area contributed by atoms with Gasteiger partial charge < -0.3 is 4.90 Å². The van der Waals surface area contributed by atoms with E-state index < -0.39 is 0 Å². The molecular weight excluding hydrogens is 100 g/mol. The third-order valence-electron chi connectivity index (χ3n) is 1.48. The molecule has 0 saturated carbocycles. The Kier molecular flexibility index (Phi) is 1.53. The Morgan fingerprint density at radius 1 is 1.75 bits per heavy atom. The smallest absolute Gasteiger partial charge is 0.0675 e. The van der Waals surface area contributed by atoms with Crippen LogP contribution >= 0.6 is 0 Å². The maximum atomic E-state index is 3.88. The van der Waals surface area contributed by atoms with E-state index in [1.54, 1.807) is 0 Å². The summed E-state index contributed by atoms with van der Waals surface area (Å²) < 4.78 is 0. The van der Waals surface area contributed by atoms with E-state index in [0.717, 1.165) is 19.6 Å². The van der Waals surface area contributed by atoms with Gasteiger partial charge in [-0.2, -0.15) is 0 Å². The first-order chi connectivity index (χ1) is 3.80.